The molecule has 1 aliphatic heterocycles. The third-order valence-corrected chi connectivity index (χ3v) is 5.18. The van der Waals surface area contributed by atoms with Gasteiger partial charge in [-0.25, -0.2) is 18.8 Å². The second kappa shape index (κ2) is 11.3. The van der Waals surface area contributed by atoms with E-state index in [1.807, 2.05) is 6.07 Å². The van der Waals surface area contributed by atoms with E-state index in [4.69, 9.17) is 21.1 Å². The van der Waals surface area contributed by atoms with Crippen LogP contribution in [0.3, 0.4) is 0 Å². The lowest BCUT2D eigenvalue weighted by atomic mass is 9.93. The van der Waals surface area contributed by atoms with E-state index in [1.165, 1.54) is 6.20 Å². The highest BCUT2D eigenvalue weighted by Gasteiger charge is 2.30. The summed E-state index contributed by atoms with van der Waals surface area (Å²) in [6.07, 6.45) is 3.64. The van der Waals surface area contributed by atoms with E-state index in [1.54, 1.807) is 24.3 Å². The molecule has 2 heterocycles. The van der Waals surface area contributed by atoms with Gasteiger partial charge in [-0.3, -0.25) is 4.99 Å². The number of hydrogen-bond acceptors (Lipinski definition) is 6. The topological polar surface area (TPSA) is 68.1 Å². The van der Waals surface area contributed by atoms with E-state index >= 15 is 4.39 Å². The summed E-state index contributed by atoms with van der Waals surface area (Å²) in [5.74, 6) is -0.335. The molecule has 0 unspecified atom stereocenters. The molecule has 0 amide bonds. The van der Waals surface area contributed by atoms with Crippen LogP contribution >= 0.6 is 11.6 Å². The van der Waals surface area contributed by atoms with Crippen LogP contribution in [0.4, 0.5) is 14.5 Å². The fraction of sp³-hybridized carbons (Fsp3) is 0.409. The number of nitrogens with zero attached hydrogens (tertiary/aromatic N) is 3. The van der Waals surface area contributed by atoms with Crippen LogP contribution in [0.15, 0.2) is 46.5 Å². The monoisotopic (exact) mass is 450 g/mol. The third kappa shape index (κ3) is 6.53. The molecule has 2 aromatic rings. The van der Waals surface area contributed by atoms with Crippen LogP contribution in [0.1, 0.15) is 31.2 Å². The Bertz CT molecular complexity index is 904. The van der Waals surface area contributed by atoms with Crippen molar-refractivity contribution in [3.05, 3.63) is 53.1 Å². The molecule has 1 N–H and O–H groups in total. The van der Waals surface area contributed by atoms with Crippen LogP contribution in [0, 0.1) is 5.82 Å². The van der Waals surface area contributed by atoms with Crippen molar-refractivity contribution in [2.75, 3.05) is 26.4 Å². The summed E-state index contributed by atoms with van der Waals surface area (Å²) in [6.45, 7) is 4.74. The Morgan fingerprint density at radius 3 is 2.61 bits per heavy atom. The molecule has 0 atom stereocenters. The van der Waals surface area contributed by atoms with Gasteiger partial charge in [-0.15, -0.1) is 0 Å². The highest BCUT2D eigenvalue weighted by molar-refractivity contribution is 6.30. The van der Waals surface area contributed by atoms with Gasteiger partial charge < -0.3 is 14.8 Å². The number of benzene rings is 1. The molecule has 1 fully saturated rings. The Morgan fingerprint density at radius 1 is 1.23 bits per heavy atom. The molecule has 166 valence electrons. The molecule has 9 heteroatoms. The van der Waals surface area contributed by atoms with E-state index < -0.39 is 11.5 Å². The van der Waals surface area contributed by atoms with Crippen molar-refractivity contribution in [3.8, 4) is 5.75 Å². The number of aliphatic imine (C=N–C) groups is 2. The largest absolute Gasteiger partial charge is 0.439 e. The van der Waals surface area contributed by atoms with Gasteiger partial charge in [0.1, 0.15) is 23.8 Å². The summed E-state index contributed by atoms with van der Waals surface area (Å²) in [7, 11) is 0. The standard InChI is InChI=1S/C22H25ClF2N4O2/c1-26-19-17(13-28-20(23)18(19)24)21(31-16-7-3-2-4-8-16)29-15-30-14-22(25)9-5-11-27-12-6-10-22/h2-4,7-8,13,27H,1,5-6,9-12,14-15H2/b29-21+. The van der Waals surface area contributed by atoms with Crippen molar-refractivity contribution in [1.82, 2.24) is 10.3 Å². The Morgan fingerprint density at radius 2 is 1.94 bits per heavy atom. The third-order valence-electron chi connectivity index (χ3n) is 4.91. The number of rotatable bonds is 7. The van der Waals surface area contributed by atoms with Gasteiger partial charge in [0.2, 0.25) is 5.90 Å². The van der Waals surface area contributed by atoms with Crippen LogP contribution in [0.25, 0.3) is 0 Å². The Hall–Kier alpha value is -2.42. The number of alkyl halides is 1. The Kier molecular flexibility index (Phi) is 8.45. The smallest absolute Gasteiger partial charge is 0.228 e. The summed E-state index contributed by atoms with van der Waals surface area (Å²) >= 11 is 5.76. The number of nitrogens with one attached hydrogen (secondary N) is 1. The maximum atomic E-state index is 15.1. The molecular weight excluding hydrogens is 426 g/mol. The first-order valence-corrected chi connectivity index (χ1v) is 10.5. The first kappa shape index (κ1) is 23.2. The van der Waals surface area contributed by atoms with Gasteiger partial charge in [-0.1, -0.05) is 29.8 Å². The molecule has 0 bridgehead atoms. The Labute approximate surface area is 185 Å². The molecule has 3 rings (SSSR count). The summed E-state index contributed by atoms with van der Waals surface area (Å²) < 4.78 is 40.8. The van der Waals surface area contributed by atoms with Gasteiger partial charge in [0.25, 0.3) is 0 Å². The van der Waals surface area contributed by atoms with Crippen molar-refractivity contribution in [2.45, 2.75) is 31.4 Å². The number of pyridine rings is 1. The van der Waals surface area contributed by atoms with Crippen LogP contribution in [-0.2, 0) is 4.74 Å². The minimum atomic E-state index is -1.39. The van der Waals surface area contributed by atoms with E-state index in [0.717, 1.165) is 25.9 Å². The molecule has 0 aliphatic carbocycles. The Balaban J connectivity index is 1.77. The van der Waals surface area contributed by atoms with Gasteiger partial charge in [0, 0.05) is 6.20 Å². The van der Waals surface area contributed by atoms with E-state index in [2.05, 4.69) is 27.0 Å². The average Bonchev–Trinajstić information content (AvgIpc) is 2.76. The first-order chi connectivity index (χ1) is 15.0. The highest BCUT2D eigenvalue weighted by atomic mass is 35.5. The minimum absolute atomic E-state index is 0.0199. The predicted molar refractivity (Wildman–Crippen MR) is 118 cm³/mol. The highest BCUT2D eigenvalue weighted by Crippen LogP contribution is 2.29. The van der Waals surface area contributed by atoms with Crippen LogP contribution in [-0.4, -0.2) is 49.7 Å². The molecule has 1 saturated heterocycles. The lowest BCUT2D eigenvalue weighted by Crippen LogP contribution is -2.34. The summed E-state index contributed by atoms with van der Waals surface area (Å²) in [5.41, 5.74) is -1.36. The number of ether oxygens (including phenoxy) is 2. The molecule has 0 spiro atoms. The molecule has 1 aromatic carbocycles. The first-order valence-electron chi connectivity index (χ1n) is 10.1. The number of para-hydroxylation sites is 1. The number of halogens is 3. The number of hydrogen-bond donors (Lipinski definition) is 1. The second-order valence-electron chi connectivity index (χ2n) is 7.25. The quantitative estimate of drug-likeness (QED) is 0.282. The fourth-order valence-corrected chi connectivity index (χ4v) is 3.46. The van der Waals surface area contributed by atoms with E-state index in [-0.39, 0.29) is 35.6 Å². The molecule has 1 aromatic heterocycles. The van der Waals surface area contributed by atoms with Gasteiger partial charge >= 0.3 is 0 Å². The summed E-state index contributed by atoms with van der Waals surface area (Å²) in [6, 6.07) is 8.84. The minimum Gasteiger partial charge on any atom is -0.439 e. The van der Waals surface area contributed by atoms with Crippen molar-refractivity contribution in [2.24, 2.45) is 9.98 Å². The van der Waals surface area contributed by atoms with Crippen LogP contribution < -0.4 is 10.1 Å². The van der Waals surface area contributed by atoms with Crippen molar-refractivity contribution in [1.29, 1.82) is 0 Å². The van der Waals surface area contributed by atoms with Crippen molar-refractivity contribution >= 4 is 29.9 Å². The zero-order valence-corrected chi connectivity index (χ0v) is 17.9. The average molecular weight is 451 g/mol. The van der Waals surface area contributed by atoms with Gasteiger partial charge in [-0.05, 0) is 57.6 Å². The maximum absolute atomic E-state index is 15.1. The van der Waals surface area contributed by atoms with E-state index in [0.29, 0.717) is 18.6 Å². The van der Waals surface area contributed by atoms with Crippen LogP contribution in [0.2, 0.25) is 5.15 Å². The SMILES string of the molecule is C=Nc1c(/C(=N\COCC2(F)CCCNCCC2)Oc2ccccc2)cnc(Cl)c1F. The lowest BCUT2D eigenvalue weighted by Gasteiger charge is -2.27. The lowest BCUT2D eigenvalue weighted by molar-refractivity contribution is 0.00218. The molecule has 31 heavy (non-hydrogen) atoms. The maximum Gasteiger partial charge on any atom is 0.228 e. The van der Waals surface area contributed by atoms with Gasteiger partial charge in [0.05, 0.1) is 12.2 Å². The molecular formula is C22H25ClF2N4O2. The summed E-state index contributed by atoms with van der Waals surface area (Å²) in [4.78, 5) is 11.8. The number of aromatic nitrogens is 1. The zero-order chi connectivity index (χ0) is 22.1. The van der Waals surface area contributed by atoms with Crippen molar-refractivity contribution in [3.63, 3.8) is 0 Å². The molecule has 1 aliphatic rings. The summed E-state index contributed by atoms with van der Waals surface area (Å²) in [5, 5.41) is 2.93. The zero-order valence-electron chi connectivity index (χ0n) is 17.1. The van der Waals surface area contributed by atoms with Crippen LogP contribution in [0.5, 0.6) is 5.75 Å². The fourth-order valence-electron chi connectivity index (χ4n) is 3.33. The second-order valence-corrected chi connectivity index (χ2v) is 7.61. The molecule has 0 saturated carbocycles. The van der Waals surface area contributed by atoms with E-state index in [9.17, 15) is 4.39 Å². The normalized spacial score (nSPS) is 16.9. The molecule has 0 radical (unpaired) electrons. The van der Waals surface area contributed by atoms with Gasteiger partial charge in [-0.2, -0.15) is 0 Å². The predicted octanol–water partition coefficient (Wildman–Crippen LogP) is 4.88. The van der Waals surface area contributed by atoms with Crippen molar-refractivity contribution < 1.29 is 18.3 Å². The van der Waals surface area contributed by atoms with Gasteiger partial charge in [0.15, 0.2) is 11.0 Å². The molecule has 6 nitrogen and oxygen atoms in total.